The number of carboxylic acids is 1. The van der Waals surface area contributed by atoms with E-state index in [1.165, 1.54) is 12.1 Å². The maximum atomic E-state index is 10.7. The molecule has 0 atom stereocenters. The minimum absolute atomic E-state index is 0.244. The van der Waals surface area contributed by atoms with Crippen LogP contribution in [0.25, 0.3) is 0 Å². The number of nitrogen functional groups attached to an aromatic ring is 1. The molecule has 0 aromatic heterocycles. The zero-order valence-corrected chi connectivity index (χ0v) is 10.7. The first kappa shape index (κ1) is 13.5. The van der Waals surface area contributed by atoms with Gasteiger partial charge in [0.2, 0.25) is 0 Å². The Labute approximate surface area is 116 Å². The highest BCUT2D eigenvalue weighted by atomic mass is 16.5. The predicted molar refractivity (Wildman–Crippen MR) is 76.6 cm³/mol. The Balaban J connectivity index is 1.91. The molecule has 100 valence electrons. The number of aromatic carboxylic acids is 1. The molecule has 2 aromatic carbocycles. The van der Waals surface area contributed by atoms with E-state index in [9.17, 15) is 4.79 Å². The van der Waals surface area contributed by atoms with Crippen LogP contribution >= 0.6 is 0 Å². The normalized spacial score (nSPS) is 9.40. The van der Waals surface area contributed by atoms with Gasteiger partial charge in [0.05, 0.1) is 5.56 Å². The molecule has 4 heteroatoms. The van der Waals surface area contributed by atoms with Crippen LogP contribution in [0.5, 0.6) is 5.75 Å². The van der Waals surface area contributed by atoms with E-state index in [4.69, 9.17) is 15.6 Å². The second-order valence-corrected chi connectivity index (χ2v) is 4.04. The van der Waals surface area contributed by atoms with Gasteiger partial charge in [0, 0.05) is 11.3 Å². The summed E-state index contributed by atoms with van der Waals surface area (Å²) in [5.41, 5.74) is 7.24. The summed E-state index contributed by atoms with van der Waals surface area (Å²) in [6.07, 6.45) is 0. The molecule has 0 heterocycles. The van der Waals surface area contributed by atoms with Crippen molar-refractivity contribution in [2.75, 3.05) is 12.3 Å². The molecule has 0 aliphatic rings. The van der Waals surface area contributed by atoms with Crippen LogP contribution in [0.4, 0.5) is 5.69 Å². The molecule has 0 bridgehead atoms. The van der Waals surface area contributed by atoms with Gasteiger partial charge >= 0.3 is 5.97 Å². The summed E-state index contributed by atoms with van der Waals surface area (Å²) < 4.78 is 5.42. The van der Waals surface area contributed by atoms with Crippen molar-refractivity contribution in [2.24, 2.45) is 0 Å². The zero-order valence-electron chi connectivity index (χ0n) is 10.7. The van der Waals surface area contributed by atoms with Crippen LogP contribution in [0.15, 0.2) is 48.5 Å². The summed E-state index contributed by atoms with van der Waals surface area (Å²) in [6.45, 7) is 0.255. The van der Waals surface area contributed by atoms with Gasteiger partial charge in [-0.3, -0.25) is 0 Å². The van der Waals surface area contributed by atoms with Crippen LogP contribution in [0, 0.1) is 11.8 Å². The number of carboxylic acid groups (broad SMARTS) is 1. The quantitative estimate of drug-likeness (QED) is 0.661. The first-order chi connectivity index (χ1) is 9.65. The van der Waals surface area contributed by atoms with Gasteiger partial charge in [-0.2, -0.15) is 0 Å². The smallest absolute Gasteiger partial charge is 0.335 e. The van der Waals surface area contributed by atoms with E-state index in [0.29, 0.717) is 11.4 Å². The largest absolute Gasteiger partial charge is 0.481 e. The van der Waals surface area contributed by atoms with Crippen LogP contribution in [-0.4, -0.2) is 17.7 Å². The lowest BCUT2D eigenvalue weighted by atomic mass is 10.1. The van der Waals surface area contributed by atoms with Crippen molar-refractivity contribution in [2.45, 2.75) is 0 Å². The molecule has 0 aliphatic carbocycles. The van der Waals surface area contributed by atoms with Gasteiger partial charge in [0.15, 0.2) is 0 Å². The highest BCUT2D eigenvalue weighted by Gasteiger charge is 1.99. The van der Waals surface area contributed by atoms with Crippen molar-refractivity contribution < 1.29 is 14.6 Å². The Hall–Kier alpha value is -2.93. The lowest BCUT2D eigenvalue weighted by molar-refractivity contribution is 0.0697. The minimum Gasteiger partial charge on any atom is -0.481 e. The lowest BCUT2D eigenvalue weighted by Crippen LogP contribution is -1.95. The van der Waals surface area contributed by atoms with Crippen LogP contribution in [-0.2, 0) is 0 Å². The van der Waals surface area contributed by atoms with Crippen molar-refractivity contribution in [1.82, 2.24) is 0 Å². The molecule has 20 heavy (non-hydrogen) atoms. The predicted octanol–water partition coefficient (Wildman–Crippen LogP) is 2.40. The fraction of sp³-hybridized carbons (Fsp3) is 0.0625. The first-order valence-electron chi connectivity index (χ1n) is 5.96. The fourth-order valence-electron chi connectivity index (χ4n) is 1.52. The molecular weight excluding hydrogens is 254 g/mol. The number of nitrogens with two attached hydrogens (primary N) is 1. The lowest BCUT2D eigenvalue weighted by Gasteiger charge is -2.01. The number of hydrogen-bond acceptors (Lipinski definition) is 3. The summed E-state index contributed by atoms with van der Waals surface area (Å²) in [7, 11) is 0. The van der Waals surface area contributed by atoms with E-state index in [1.54, 1.807) is 36.4 Å². The van der Waals surface area contributed by atoms with Gasteiger partial charge in [-0.25, -0.2) is 4.79 Å². The number of rotatable bonds is 3. The van der Waals surface area contributed by atoms with Gasteiger partial charge in [-0.05, 0) is 48.5 Å². The summed E-state index contributed by atoms with van der Waals surface area (Å²) in [6, 6.07) is 13.4. The van der Waals surface area contributed by atoms with Crippen LogP contribution in [0.3, 0.4) is 0 Å². The highest BCUT2D eigenvalue weighted by Crippen LogP contribution is 2.12. The van der Waals surface area contributed by atoms with Gasteiger partial charge in [-0.1, -0.05) is 11.8 Å². The molecule has 0 unspecified atom stereocenters. The third kappa shape index (κ3) is 3.79. The van der Waals surface area contributed by atoms with Crippen LogP contribution in [0.1, 0.15) is 15.9 Å². The molecular formula is C16H13NO3. The summed E-state index contributed by atoms with van der Waals surface area (Å²) in [5, 5.41) is 8.77. The maximum absolute atomic E-state index is 10.7. The molecule has 2 rings (SSSR count). The first-order valence-corrected chi connectivity index (χ1v) is 5.96. The molecule has 0 aliphatic heterocycles. The number of carbonyl (C=O) groups is 1. The minimum atomic E-state index is -0.948. The molecule has 0 saturated heterocycles. The third-order valence-electron chi connectivity index (χ3n) is 2.56. The van der Waals surface area contributed by atoms with E-state index in [-0.39, 0.29) is 12.2 Å². The Morgan fingerprint density at radius 1 is 1.10 bits per heavy atom. The average Bonchev–Trinajstić information content (AvgIpc) is 2.46. The van der Waals surface area contributed by atoms with E-state index in [1.807, 2.05) is 0 Å². The Bertz CT molecular complexity index is 649. The molecule has 0 radical (unpaired) electrons. The molecule has 2 aromatic rings. The second-order valence-electron chi connectivity index (χ2n) is 4.04. The summed E-state index contributed by atoms with van der Waals surface area (Å²) in [4.78, 5) is 10.7. The zero-order chi connectivity index (χ0) is 14.4. The average molecular weight is 267 g/mol. The topological polar surface area (TPSA) is 72.5 Å². The molecule has 0 spiro atoms. The van der Waals surface area contributed by atoms with Gasteiger partial charge in [0.1, 0.15) is 12.4 Å². The highest BCUT2D eigenvalue weighted by molar-refractivity contribution is 5.87. The SMILES string of the molecule is Nc1ccc(OCC#Cc2ccc(C(=O)O)cc2)cc1. The van der Waals surface area contributed by atoms with E-state index in [2.05, 4.69) is 11.8 Å². The van der Waals surface area contributed by atoms with Gasteiger partial charge in [0.25, 0.3) is 0 Å². The molecule has 0 saturated carbocycles. The second kappa shape index (κ2) is 6.30. The Morgan fingerprint density at radius 2 is 1.75 bits per heavy atom. The fourth-order valence-corrected chi connectivity index (χ4v) is 1.52. The van der Waals surface area contributed by atoms with Gasteiger partial charge in [-0.15, -0.1) is 0 Å². The van der Waals surface area contributed by atoms with E-state index in [0.717, 1.165) is 5.56 Å². The standard InChI is InChI=1S/C16H13NO3/c17-14-7-9-15(10-8-14)20-11-1-2-12-3-5-13(6-4-12)16(18)19/h3-10H,11,17H2,(H,18,19). The molecule has 3 N–H and O–H groups in total. The molecule has 0 amide bonds. The van der Waals surface area contributed by atoms with Gasteiger partial charge < -0.3 is 15.6 Å². The maximum Gasteiger partial charge on any atom is 0.335 e. The van der Waals surface area contributed by atoms with Crippen molar-refractivity contribution in [3.05, 3.63) is 59.7 Å². The Kier molecular flexibility index (Phi) is 4.25. The van der Waals surface area contributed by atoms with Crippen LogP contribution < -0.4 is 10.5 Å². The van der Waals surface area contributed by atoms with E-state index >= 15 is 0 Å². The number of hydrogen-bond donors (Lipinski definition) is 2. The molecule has 0 fully saturated rings. The number of ether oxygens (including phenoxy) is 1. The number of anilines is 1. The van der Waals surface area contributed by atoms with Crippen molar-refractivity contribution in [3.8, 4) is 17.6 Å². The van der Waals surface area contributed by atoms with Crippen molar-refractivity contribution in [3.63, 3.8) is 0 Å². The molecule has 4 nitrogen and oxygen atoms in total. The van der Waals surface area contributed by atoms with Crippen LogP contribution in [0.2, 0.25) is 0 Å². The number of benzene rings is 2. The monoisotopic (exact) mass is 267 g/mol. The van der Waals surface area contributed by atoms with Crippen molar-refractivity contribution >= 4 is 11.7 Å². The Morgan fingerprint density at radius 3 is 2.35 bits per heavy atom. The van der Waals surface area contributed by atoms with Crippen molar-refractivity contribution in [1.29, 1.82) is 0 Å². The third-order valence-corrected chi connectivity index (χ3v) is 2.56. The summed E-state index contributed by atoms with van der Waals surface area (Å²) in [5.74, 6) is 5.52. The van der Waals surface area contributed by atoms with E-state index < -0.39 is 5.97 Å². The summed E-state index contributed by atoms with van der Waals surface area (Å²) >= 11 is 0.